The molecule has 0 fully saturated rings. The molecule has 84 valence electrons. The summed E-state index contributed by atoms with van der Waals surface area (Å²) in [7, 11) is 3.51. The van der Waals surface area contributed by atoms with Crippen molar-refractivity contribution in [1.29, 1.82) is 0 Å². The molecule has 0 atom stereocenters. The fraction of sp³-hybridized carbons (Fsp3) is 0.500. The van der Waals surface area contributed by atoms with Gasteiger partial charge in [0.25, 0.3) is 0 Å². The summed E-state index contributed by atoms with van der Waals surface area (Å²) >= 11 is 0. The van der Waals surface area contributed by atoms with Crippen LogP contribution < -0.4 is 0 Å². The van der Waals surface area contributed by atoms with Crippen LogP contribution >= 0.6 is 21.6 Å². The van der Waals surface area contributed by atoms with Crippen molar-refractivity contribution in [2.45, 2.75) is 31.6 Å². The molecule has 0 heterocycles. The zero-order chi connectivity index (χ0) is 11.1. The van der Waals surface area contributed by atoms with Gasteiger partial charge in [0.15, 0.2) is 0 Å². The molecule has 0 radical (unpaired) electrons. The Labute approximate surface area is 100 Å². The molecule has 0 unspecified atom stereocenters. The van der Waals surface area contributed by atoms with Gasteiger partial charge in [-0.2, -0.15) is 0 Å². The number of rotatable bonds is 6. The van der Waals surface area contributed by atoms with Crippen LogP contribution in [0.25, 0.3) is 0 Å². The van der Waals surface area contributed by atoms with Crippen molar-refractivity contribution in [2.24, 2.45) is 0 Å². The summed E-state index contributed by atoms with van der Waals surface area (Å²) in [6.07, 6.45) is 0. The van der Waals surface area contributed by atoms with Gasteiger partial charge in [0.2, 0.25) is 0 Å². The van der Waals surface area contributed by atoms with Crippen LogP contribution in [-0.4, -0.2) is 12.5 Å². The molecular weight excluding hydrogens is 224 g/mol. The topological polar surface area (TPSA) is 9.23 Å². The van der Waals surface area contributed by atoms with E-state index in [9.17, 15) is 0 Å². The van der Waals surface area contributed by atoms with Gasteiger partial charge in [-0.05, 0) is 30.5 Å². The zero-order valence-corrected chi connectivity index (χ0v) is 11.2. The Bertz CT molecular complexity index is 269. The lowest BCUT2D eigenvalue weighted by Gasteiger charge is -2.06. The van der Waals surface area contributed by atoms with Crippen molar-refractivity contribution < 1.29 is 4.74 Å². The van der Waals surface area contributed by atoms with Gasteiger partial charge in [-0.3, -0.25) is 0 Å². The third-order valence-electron chi connectivity index (χ3n) is 2.04. The van der Waals surface area contributed by atoms with Gasteiger partial charge in [0, 0.05) is 11.5 Å². The van der Waals surface area contributed by atoms with Gasteiger partial charge in [-0.1, -0.05) is 47.6 Å². The number of ether oxygens (including phenoxy) is 1. The molecule has 1 rings (SSSR count). The van der Waals surface area contributed by atoms with Crippen LogP contribution in [0.2, 0.25) is 0 Å². The number of hydrogen-bond acceptors (Lipinski definition) is 3. The first-order chi connectivity index (χ1) is 7.24. The normalized spacial score (nSPS) is 10.9. The summed E-state index contributed by atoms with van der Waals surface area (Å²) in [6, 6.07) is 8.76. The molecule has 1 nitrogen and oxygen atoms in total. The highest BCUT2D eigenvalue weighted by atomic mass is 33.1. The standard InChI is InChI=1S/C12H18OS2/c1-4-13-9-14-15-12-7-5-11(6-8-12)10(2)3/h5-8,10H,4,9H2,1-3H3. The highest BCUT2D eigenvalue weighted by Gasteiger charge is 1.99. The minimum absolute atomic E-state index is 0.611. The molecule has 0 saturated heterocycles. The van der Waals surface area contributed by atoms with E-state index in [4.69, 9.17) is 4.74 Å². The second kappa shape index (κ2) is 7.20. The largest absolute Gasteiger partial charge is 0.370 e. The van der Waals surface area contributed by atoms with Crippen LogP contribution in [0.5, 0.6) is 0 Å². The maximum Gasteiger partial charge on any atom is 0.102 e. The molecule has 0 aromatic heterocycles. The minimum Gasteiger partial charge on any atom is -0.370 e. The van der Waals surface area contributed by atoms with Crippen LogP contribution in [0.1, 0.15) is 32.3 Å². The fourth-order valence-corrected chi connectivity index (χ4v) is 2.87. The third-order valence-corrected chi connectivity index (χ3v) is 4.10. The first-order valence-corrected chi connectivity index (χ1v) is 7.53. The van der Waals surface area contributed by atoms with Gasteiger partial charge < -0.3 is 4.74 Å². The number of hydrogen-bond donors (Lipinski definition) is 0. The maximum absolute atomic E-state index is 5.26. The Hall–Kier alpha value is -0.120. The molecule has 1 aromatic carbocycles. The van der Waals surface area contributed by atoms with Crippen LogP contribution in [0.15, 0.2) is 29.2 Å². The summed E-state index contributed by atoms with van der Waals surface area (Å²) in [6.45, 7) is 7.24. The molecule has 0 spiro atoms. The first kappa shape index (κ1) is 12.9. The van der Waals surface area contributed by atoms with Gasteiger partial charge in [0.05, 0.1) is 0 Å². The van der Waals surface area contributed by atoms with Crippen LogP contribution in [-0.2, 0) is 4.74 Å². The summed E-state index contributed by atoms with van der Waals surface area (Å²) < 4.78 is 5.26. The molecule has 0 aliphatic heterocycles. The van der Waals surface area contributed by atoms with Crippen LogP contribution in [0.4, 0.5) is 0 Å². The predicted octanol–water partition coefficient (Wildman–Crippen LogP) is 4.54. The highest BCUT2D eigenvalue weighted by Crippen LogP contribution is 2.31. The number of benzene rings is 1. The average molecular weight is 242 g/mol. The molecule has 15 heavy (non-hydrogen) atoms. The van der Waals surface area contributed by atoms with Gasteiger partial charge in [-0.25, -0.2) is 0 Å². The van der Waals surface area contributed by atoms with Crippen molar-refractivity contribution in [2.75, 3.05) is 12.5 Å². The van der Waals surface area contributed by atoms with E-state index in [2.05, 4.69) is 38.1 Å². The third kappa shape index (κ3) is 4.96. The summed E-state index contributed by atoms with van der Waals surface area (Å²) in [4.78, 5) is 1.30. The van der Waals surface area contributed by atoms with E-state index in [0.717, 1.165) is 12.5 Å². The van der Waals surface area contributed by atoms with Crippen LogP contribution in [0.3, 0.4) is 0 Å². The molecule has 0 amide bonds. The van der Waals surface area contributed by atoms with E-state index >= 15 is 0 Å². The molecule has 0 aliphatic rings. The van der Waals surface area contributed by atoms with E-state index in [1.807, 2.05) is 6.92 Å². The average Bonchev–Trinajstić information content (AvgIpc) is 2.25. The highest BCUT2D eigenvalue weighted by molar-refractivity contribution is 8.76. The van der Waals surface area contributed by atoms with E-state index < -0.39 is 0 Å². The monoisotopic (exact) mass is 242 g/mol. The molecule has 0 bridgehead atoms. The van der Waals surface area contributed by atoms with E-state index in [1.54, 1.807) is 21.6 Å². The first-order valence-electron chi connectivity index (χ1n) is 5.21. The van der Waals surface area contributed by atoms with E-state index in [0.29, 0.717) is 5.92 Å². The van der Waals surface area contributed by atoms with Gasteiger partial charge >= 0.3 is 0 Å². The molecule has 0 aliphatic carbocycles. The Morgan fingerprint density at radius 3 is 2.40 bits per heavy atom. The minimum atomic E-state index is 0.611. The Morgan fingerprint density at radius 2 is 1.87 bits per heavy atom. The molecule has 3 heteroatoms. The quantitative estimate of drug-likeness (QED) is 0.411. The second-order valence-corrected chi connectivity index (χ2v) is 5.85. The van der Waals surface area contributed by atoms with E-state index in [1.165, 1.54) is 10.5 Å². The lowest BCUT2D eigenvalue weighted by atomic mass is 10.0. The van der Waals surface area contributed by atoms with Crippen molar-refractivity contribution in [3.8, 4) is 0 Å². The van der Waals surface area contributed by atoms with Crippen molar-refractivity contribution in [1.82, 2.24) is 0 Å². The van der Waals surface area contributed by atoms with Crippen molar-refractivity contribution >= 4 is 21.6 Å². The Kier molecular flexibility index (Phi) is 6.22. The van der Waals surface area contributed by atoms with Crippen molar-refractivity contribution in [3.63, 3.8) is 0 Å². The molecule has 1 aromatic rings. The SMILES string of the molecule is CCOCSSc1ccc(C(C)C)cc1. The summed E-state index contributed by atoms with van der Waals surface area (Å²) in [5, 5.41) is 0. The lowest BCUT2D eigenvalue weighted by Crippen LogP contribution is -1.86. The lowest BCUT2D eigenvalue weighted by molar-refractivity contribution is 0.200. The van der Waals surface area contributed by atoms with Gasteiger partial charge in [0.1, 0.15) is 5.94 Å². The van der Waals surface area contributed by atoms with Gasteiger partial charge in [-0.15, -0.1) is 0 Å². The van der Waals surface area contributed by atoms with E-state index in [-0.39, 0.29) is 0 Å². The summed E-state index contributed by atoms with van der Waals surface area (Å²) in [5.41, 5.74) is 1.40. The summed E-state index contributed by atoms with van der Waals surface area (Å²) in [5.74, 6) is 1.37. The fourth-order valence-electron chi connectivity index (χ4n) is 1.12. The zero-order valence-electron chi connectivity index (χ0n) is 9.53. The van der Waals surface area contributed by atoms with Crippen LogP contribution in [0, 0.1) is 0 Å². The molecular formula is C12H18OS2. The Balaban J connectivity index is 2.36. The molecule has 0 saturated carbocycles. The Morgan fingerprint density at radius 1 is 1.20 bits per heavy atom. The van der Waals surface area contributed by atoms with Crippen molar-refractivity contribution in [3.05, 3.63) is 29.8 Å². The maximum atomic E-state index is 5.26. The smallest absolute Gasteiger partial charge is 0.102 e. The predicted molar refractivity (Wildman–Crippen MR) is 70.5 cm³/mol. The second-order valence-electron chi connectivity index (χ2n) is 3.54. The molecule has 0 N–H and O–H groups in total.